The molecule has 0 aliphatic heterocycles. The standard InChI is InChI=1S/C18H14N4.C14H12S3/c1-11-3-5-13(17-15(11)19-7-9-21-17)14-6-4-12(2)16-18(14)22-10-8-20-16;1-9-3-5-11(15-9)13-7-8-14(17-13)12-6-4-10(2)16-12/h3-10H,1-2H3;3-8H,1-2H3. The number of thiophene rings is 3. The summed E-state index contributed by atoms with van der Waals surface area (Å²) >= 11 is 5.62. The first-order valence-electron chi connectivity index (χ1n) is 12.6. The van der Waals surface area contributed by atoms with Gasteiger partial charge in [0, 0.05) is 65.2 Å². The van der Waals surface area contributed by atoms with Crippen molar-refractivity contribution in [2.24, 2.45) is 0 Å². The summed E-state index contributed by atoms with van der Waals surface area (Å²) in [6.07, 6.45) is 6.92. The molecule has 7 aromatic rings. The molecule has 7 heteroatoms. The van der Waals surface area contributed by atoms with Gasteiger partial charge in [-0.25, -0.2) is 0 Å². The lowest BCUT2D eigenvalue weighted by Gasteiger charge is -2.10. The van der Waals surface area contributed by atoms with Crippen LogP contribution in [0.3, 0.4) is 0 Å². The highest BCUT2D eigenvalue weighted by Crippen LogP contribution is 2.39. The van der Waals surface area contributed by atoms with Gasteiger partial charge in [-0.05, 0) is 75.2 Å². The van der Waals surface area contributed by atoms with E-state index in [0.717, 1.165) is 44.3 Å². The van der Waals surface area contributed by atoms with E-state index in [-0.39, 0.29) is 0 Å². The molecule has 0 amide bonds. The Morgan fingerprint density at radius 3 is 1.13 bits per heavy atom. The Hall–Kier alpha value is -3.78. The fraction of sp³-hybridized carbons (Fsp3) is 0.125. The zero-order valence-corrected chi connectivity index (χ0v) is 24.5. The third-order valence-corrected chi connectivity index (χ3v) is 9.99. The molecule has 5 heterocycles. The van der Waals surface area contributed by atoms with Crippen molar-refractivity contribution in [3.05, 3.63) is 106 Å². The molecule has 0 N–H and O–H groups in total. The Bertz CT molecular complexity index is 1790. The van der Waals surface area contributed by atoms with Gasteiger partial charge < -0.3 is 0 Å². The predicted molar refractivity (Wildman–Crippen MR) is 168 cm³/mol. The van der Waals surface area contributed by atoms with Crippen LogP contribution in [-0.4, -0.2) is 19.9 Å². The number of hydrogen-bond donors (Lipinski definition) is 0. The lowest BCUT2D eigenvalue weighted by Crippen LogP contribution is -1.93. The number of benzene rings is 2. The van der Waals surface area contributed by atoms with Crippen LogP contribution in [0.25, 0.3) is 52.7 Å². The van der Waals surface area contributed by atoms with Crippen LogP contribution in [0.15, 0.2) is 85.5 Å². The summed E-state index contributed by atoms with van der Waals surface area (Å²) in [4.78, 5) is 26.3. The van der Waals surface area contributed by atoms with Crippen molar-refractivity contribution in [3.8, 4) is 30.6 Å². The summed E-state index contributed by atoms with van der Waals surface area (Å²) in [5.74, 6) is 0. The number of fused-ring (bicyclic) bond motifs is 2. The lowest BCUT2D eigenvalue weighted by molar-refractivity contribution is 1.26. The van der Waals surface area contributed by atoms with Gasteiger partial charge in [0.2, 0.25) is 0 Å². The molecule has 0 saturated carbocycles. The van der Waals surface area contributed by atoms with Crippen molar-refractivity contribution < 1.29 is 0 Å². The minimum Gasteiger partial charge on any atom is -0.253 e. The number of aryl methyl sites for hydroxylation is 4. The molecule has 0 unspecified atom stereocenters. The van der Waals surface area contributed by atoms with Crippen LogP contribution in [0.2, 0.25) is 0 Å². The lowest BCUT2D eigenvalue weighted by atomic mass is 9.98. The highest BCUT2D eigenvalue weighted by molar-refractivity contribution is 7.26. The van der Waals surface area contributed by atoms with E-state index in [9.17, 15) is 0 Å². The SMILES string of the molecule is Cc1ccc(-c2ccc(-c3ccc(C)s3)s2)s1.Cc1ccc(-c2ccc(C)c3nccnc23)c2nccnc12. The van der Waals surface area contributed by atoms with E-state index in [0.29, 0.717) is 0 Å². The molecule has 0 radical (unpaired) electrons. The number of nitrogens with zero attached hydrogens (tertiary/aromatic N) is 4. The molecule has 0 atom stereocenters. The number of rotatable bonds is 3. The topological polar surface area (TPSA) is 51.6 Å². The van der Waals surface area contributed by atoms with E-state index in [2.05, 4.69) is 94.4 Å². The average Bonchev–Trinajstić information content (AvgIpc) is 3.71. The Labute approximate surface area is 239 Å². The maximum atomic E-state index is 4.54. The van der Waals surface area contributed by atoms with Gasteiger partial charge in [0.15, 0.2) is 0 Å². The van der Waals surface area contributed by atoms with Crippen molar-refractivity contribution in [3.63, 3.8) is 0 Å². The maximum absolute atomic E-state index is 4.54. The van der Waals surface area contributed by atoms with E-state index in [1.54, 1.807) is 24.8 Å². The largest absolute Gasteiger partial charge is 0.253 e. The number of hydrogen-bond acceptors (Lipinski definition) is 7. The fourth-order valence-electron chi connectivity index (χ4n) is 4.55. The van der Waals surface area contributed by atoms with E-state index >= 15 is 0 Å². The normalized spacial score (nSPS) is 11.1. The maximum Gasteiger partial charge on any atom is 0.0968 e. The second-order valence-corrected chi connectivity index (χ2v) is 13.0. The first-order valence-corrected chi connectivity index (χ1v) is 15.1. The van der Waals surface area contributed by atoms with Gasteiger partial charge in [-0.15, -0.1) is 34.0 Å². The summed E-state index contributed by atoms with van der Waals surface area (Å²) < 4.78 is 0. The zero-order valence-electron chi connectivity index (χ0n) is 22.1. The van der Waals surface area contributed by atoms with Crippen LogP contribution < -0.4 is 0 Å². The van der Waals surface area contributed by atoms with Crippen LogP contribution in [0, 0.1) is 27.7 Å². The summed E-state index contributed by atoms with van der Waals surface area (Å²) in [5, 5.41) is 0. The van der Waals surface area contributed by atoms with Crippen molar-refractivity contribution in [1.82, 2.24) is 19.9 Å². The third kappa shape index (κ3) is 5.13. The van der Waals surface area contributed by atoms with Gasteiger partial charge in [0.1, 0.15) is 0 Å². The molecule has 4 nitrogen and oxygen atoms in total. The molecule has 7 rings (SSSR count). The molecule has 0 spiro atoms. The summed E-state index contributed by atoms with van der Waals surface area (Å²) in [7, 11) is 0. The first-order chi connectivity index (χ1) is 19.0. The monoisotopic (exact) mass is 562 g/mol. The minimum absolute atomic E-state index is 0.901. The molecular weight excluding hydrogens is 537 g/mol. The van der Waals surface area contributed by atoms with Gasteiger partial charge in [0.05, 0.1) is 22.1 Å². The fourth-order valence-corrected chi connectivity index (χ4v) is 7.47. The van der Waals surface area contributed by atoms with Crippen LogP contribution in [0.5, 0.6) is 0 Å². The van der Waals surface area contributed by atoms with Crippen molar-refractivity contribution >= 4 is 56.1 Å². The Kier molecular flexibility index (Phi) is 7.04. The van der Waals surface area contributed by atoms with E-state index in [1.165, 1.54) is 29.3 Å². The van der Waals surface area contributed by atoms with Crippen molar-refractivity contribution in [1.29, 1.82) is 0 Å². The van der Waals surface area contributed by atoms with Crippen LogP contribution >= 0.6 is 34.0 Å². The summed E-state index contributed by atoms with van der Waals surface area (Å²) in [6, 6.07) is 21.6. The molecule has 0 bridgehead atoms. The molecule has 0 aliphatic carbocycles. The van der Waals surface area contributed by atoms with Crippen molar-refractivity contribution in [2.75, 3.05) is 0 Å². The van der Waals surface area contributed by atoms with Gasteiger partial charge in [-0.3, -0.25) is 19.9 Å². The van der Waals surface area contributed by atoms with E-state index in [4.69, 9.17) is 0 Å². The highest BCUT2D eigenvalue weighted by Gasteiger charge is 2.13. The predicted octanol–water partition coefficient (Wildman–Crippen LogP) is 9.68. The van der Waals surface area contributed by atoms with Gasteiger partial charge in [-0.2, -0.15) is 0 Å². The second-order valence-electron chi connectivity index (χ2n) is 9.35. The molecule has 0 fully saturated rings. The zero-order chi connectivity index (χ0) is 26.9. The molecule has 39 heavy (non-hydrogen) atoms. The van der Waals surface area contributed by atoms with Gasteiger partial charge in [-0.1, -0.05) is 24.3 Å². The Morgan fingerprint density at radius 2 is 0.744 bits per heavy atom. The average molecular weight is 563 g/mol. The molecular formula is C32H26N4S3. The van der Waals surface area contributed by atoms with Crippen molar-refractivity contribution in [2.45, 2.75) is 27.7 Å². The molecule has 0 saturated heterocycles. The third-order valence-electron chi connectivity index (χ3n) is 6.52. The Balaban J connectivity index is 0.000000147. The van der Waals surface area contributed by atoms with Gasteiger partial charge in [0.25, 0.3) is 0 Å². The molecule has 5 aromatic heterocycles. The van der Waals surface area contributed by atoms with E-state index < -0.39 is 0 Å². The smallest absolute Gasteiger partial charge is 0.0968 e. The van der Waals surface area contributed by atoms with E-state index in [1.807, 2.05) is 47.9 Å². The molecule has 0 aliphatic rings. The van der Waals surface area contributed by atoms with Crippen LogP contribution in [0.1, 0.15) is 20.9 Å². The molecule has 2 aromatic carbocycles. The van der Waals surface area contributed by atoms with Crippen LogP contribution in [-0.2, 0) is 0 Å². The second kappa shape index (κ2) is 10.8. The number of aromatic nitrogens is 4. The first kappa shape index (κ1) is 25.5. The summed E-state index contributed by atoms with van der Waals surface area (Å²) in [6.45, 7) is 8.42. The molecule has 192 valence electrons. The quantitative estimate of drug-likeness (QED) is 0.215. The minimum atomic E-state index is 0.901. The van der Waals surface area contributed by atoms with Gasteiger partial charge >= 0.3 is 0 Å². The Morgan fingerprint density at radius 1 is 0.385 bits per heavy atom. The summed E-state index contributed by atoms with van der Waals surface area (Å²) in [5.41, 5.74) is 7.98. The highest BCUT2D eigenvalue weighted by atomic mass is 32.1. The van der Waals surface area contributed by atoms with Crippen LogP contribution in [0.4, 0.5) is 0 Å².